The predicted octanol–water partition coefficient (Wildman–Crippen LogP) is 3.16. The lowest BCUT2D eigenvalue weighted by Crippen LogP contribution is -2.45. The maximum Gasteiger partial charge on any atom is 0.245 e. The molecule has 2 aromatic rings. The van der Waals surface area contributed by atoms with Crippen LogP contribution in [0.3, 0.4) is 0 Å². The van der Waals surface area contributed by atoms with Crippen LogP contribution < -0.4 is 10.6 Å². The third kappa shape index (κ3) is 5.65. The van der Waals surface area contributed by atoms with Gasteiger partial charge in [0.25, 0.3) is 0 Å². The average Bonchev–Trinajstić information content (AvgIpc) is 2.78. The van der Waals surface area contributed by atoms with Gasteiger partial charge < -0.3 is 15.4 Å². The first-order valence-corrected chi connectivity index (χ1v) is 11.6. The van der Waals surface area contributed by atoms with E-state index in [-0.39, 0.29) is 41.5 Å². The number of hydrogen-bond acceptors (Lipinski definition) is 6. The number of sulfone groups is 1. The van der Waals surface area contributed by atoms with Crippen LogP contribution >= 0.6 is 24.0 Å². The topological polar surface area (TPSA) is 107 Å². The molecule has 32 heavy (non-hydrogen) atoms. The number of hydrogen-bond donors (Lipinski definition) is 1. The van der Waals surface area contributed by atoms with Crippen molar-refractivity contribution in [1.82, 2.24) is 0 Å². The van der Waals surface area contributed by atoms with Gasteiger partial charge in [-0.2, -0.15) is 0 Å². The fraction of sp³-hybridized carbons (Fsp3) is 0.333. The maximum atomic E-state index is 14.7. The summed E-state index contributed by atoms with van der Waals surface area (Å²) in [5.74, 6) is -2.76. The molecule has 174 valence electrons. The third-order valence-corrected chi connectivity index (χ3v) is 7.01. The maximum absolute atomic E-state index is 14.7. The van der Waals surface area contributed by atoms with E-state index in [1.807, 2.05) is 0 Å². The van der Waals surface area contributed by atoms with E-state index < -0.39 is 39.1 Å². The fourth-order valence-corrected chi connectivity index (χ4v) is 5.07. The monoisotopic (exact) mass is 504 g/mol. The number of rotatable bonds is 7. The first-order valence-electron chi connectivity index (χ1n) is 9.54. The van der Waals surface area contributed by atoms with Crippen LogP contribution in [-0.4, -0.2) is 45.6 Å². The Morgan fingerprint density at radius 3 is 2.56 bits per heavy atom. The predicted molar refractivity (Wildman–Crippen MR) is 122 cm³/mol. The van der Waals surface area contributed by atoms with Crippen LogP contribution in [0.4, 0.5) is 10.1 Å². The molecule has 0 saturated heterocycles. The molecule has 11 heteroatoms. The Morgan fingerprint density at radius 2 is 1.94 bits per heavy atom. The number of ketones is 1. The second kappa shape index (κ2) is 10.7. The van der Waals surface area contributed by atoms with Crippen LogP contribution in [0.15, 0.2) is 41.3 Å². The van der Waals surface area contributed by atoms with Gasteiger partial charge in [0.15, 0.2) is 15.6 Å². The zero-order valence-electron chi connectivity index (χ0n) is 17.2. The molecule has 0 bridgehead atoms. The molecule has 1 heterocycles. The molecule has 2 aromatic carbocycles. The van der Waals surface area contributed by atoms with Gasteiger partial charge in [-0.05, 0) is 36.2 Å². The van der Waals surface area contributed by atoms with Crippen molar-refractivity contribution >= 4 is 51.2 Å². The standard InChI is InChI=1S/C21H22ClFN2O5S.ClH/c1-30-8-2-3-19(26)15-9-18-20(10-16(15)23)31(28,29)12-17(24)21(27)25(18)11-13-4-6-14(22)7-5-13;/h4-7,9-10,17H,2-3,8,11-12,24H2,1H3;1H/t17-;/m0./s1. The van der Waals surface area contributed by atoms with Gasteiger partial charge in [0.05, 0.1) is 34.5 Å². The highest BCUT2D eigenvalue weighted by Gasteiger charge is 2.37. The van der Waals surface area contributed by atoms with Crippen molar-refractivity contribution < 1.29 is 27.1 Å². The molecule has 2 N–H and O–H groups in total. The molecule has 1 atom stereocenters. The number of carbonyl (C=O) groups is 2. The Kier molecular flexibility index (Phi) is 8.78. The fourth-order valence-electron chi connectivity index (χ4n) is 3.38. The van der Waals surface area contributed by atoms with Crippen LogP contribution in [0.2, 0.25) is 5.02 Å². The van der Waals surface area contributed by atoms with Crippen molar-refractivity contribution in [2.24, 2.45) is 5.73 Å². The van der Waals surface area contributed by atoms with E-state index >= 15 is 0 Å². The minimum atomic E-state index is -4.06. The van der Waals surface area contributed by atoms with Crippen molar-refractivity contribution in [3.05, 3.63) is 58.4 Å². The summed E-state index contributed by atoms with van der Waals surface area (Å²) in [5.41, 5.74) is 6.16. The molecule has 0 aliphatic carbocycles. The first-order chi connectivity index (χ1) is 14.6. The van der Waals surface area contributed by atoms with Crippen molar-refractivity contribution in [3.8, 4) is 0 Å². The Morgan fingerprint density at radius 1 is 1.28 bits per heavy atom. The van der Waals surface area contributed by atoms with E-state index in [0.717, 1.165) is 12.1 Å². The van der Waals surface area contributed by atoms with Gasteiger partial charge in [0.1, 0.15) is 5.82 Å². The summed E-state index contributed by atoms with van der Waals surface area (Å²) in [4.78, 5) is 26.3. The molecule has 0 saturated carbocycles. The number of Topliss-reactive ketones (excluding diaryl/α,β-unsaturated/α-hetero) is 1. The highest BCUT2D eigenvalue weighted by molar-refractivity contribution is 7.91. The molecule has 0 aromatic heterocycles. The summed E-state index contributed by atoms with van der Waals surface area (Å²) in [7, 11) is -2.57. The van der Waals surface area contributed by atoms with Gasteiger partial charge in [-0.1, -0.05) is 23.7 Å². The molecule has 1 amide bonds. The van der Waals surface area contributed by atoms with Crippen molar-refractivity contribution in [1.29, 1.82) is 0 Å². The van der Waals surface area contributed by atoms with Crippen molar-refractivity contribution in [2.45, 2.75) is 30.3 Å². The number of methoxy groups -OCH3 is 1. The average molecular weight is 505 g/mol. The van der Waals surface area contributed by atoms with Gasteiger partial charge in [-0.15, -0.1) is 12.4 Å². The molecule has 7 nitrogen and oxygen atoms in total. The summed E-state index contributed by atoms with van der Waals surface area (Å²) in [6, 6.07) is 7.23. The molecule has 0 fully saturated rings. The van der Waals surface area contributed by atoms with Crippen LogP contribution in [0.5, 0.6) is 0 Å². The Hall–Kier alpha value is -2.04. The number of anilines is 1. The number of amides is 1. The largest absolute Gasteiger partial charge is 0.385 e. The molecule has 0 spiro atoms. The van der Waals surface area contributed by atoms with Crippen LogP contribution in [0.1, 0.15) is 28.8 Å². The number of ether oxygens (including phenoxy) is 1. The normalized spacial score (nSPS) is 17.3. The molecule has 3 rings (SSSR count). The number of fused-ring (bicyclic) bond motifs is 1. The number of nitrogens with two attached hydrogens (primary N) is 1. The Balaban J connectivity index is 0.00000363. The Labute approximate surface area is 197 Å². The smallest absolute Gasteiger partial charge is 0.245 e. The van der Waals surface area contributed by atoms with E-state index in [1.54, 1.807) is 24.3 Å². The Bertz CT molecular complexity index is 1110. The summed E-state index contributed by atoms with van der Waals surface area (Å²) in [5, 5.41) is 0.497. The number of halogens is 3. The zero-order chi connectivity index (χ0) is 22.8. The quantitative estimate of drug-likeness (QED) is 0.458. The third-order valence-electron chi connectivity index (χ3n) is 4.96. The minimum absolute atomic E-state index is 0. The second-order valence-electron chi connectivity index (χ2n) is 7.26. The van der Waals surface area contributed by atoms with Gasteiger partial charge in [-0.25, -0.2) is 12.8 Å². The van der Waals surface area contributed by atoms with Crippen LogP contribution in [0.25, 0.3) is 0 Å². The van der Waals surface area contributed by atoms with E-state index in [4.69, 9.17) is 22.1 Å². The number of nitrogens with zero attached hydrogens (tertiary/aromatic N) is 1. The number of benzene rings is 2. The summed E-state index contributed by atoms with van der Waals surface area (Å²) >= 11 is 5.91. The van der Waals surface area contributed by atoms with Gasteiger partial charge in [-0.3, -0.25) is 9.59 Å². The summed E-state index contributed by atoms with van der Waals surface area (Å²) < 4.78 is 45.2. The summed E-state index contributed by atoms with van der Waals surface area (Å²) in [6.45, 7) is 0.303. The van der Waals surface area contributed by atoms with Crippen LogP contribution in [-0.2, 0) is 25.9 Å². The molecule has 0 radical (unpaired) electrons. The van der Waals surface area contributed by atoms with E-state index in [0.29, 0.717) is 23.6 Å². The molecular weight excluding hydrogens is 482 g/mol. The minimum Gasteiger partial charge on any atom is -0.385 e. The SMILES string of the molecule is COCCCC(=O)c1cc2c(cc1F)S(=O)(=O)C[C@H](N)C(=O)N2Cc1ccc(Cl)cc1.Cl. The highest BCUT2D eigenvalue weighted by atomic mass is 35.5. The molecular formula is C21H23Cl2FN2O5S. The lowest BCUT2D eigenvalue weighted by Gasteiger charge is -2.25. The lowest BCUT2D eigenvalue weighted by molar-refractivity contribution is -0.119. The van der Waals surface area contributed by atoms with Gasteiger partial charge >= 0.3 is 0 Å². The second-order valence-corrected chi connectivity index (χ2v) is 9.70. The van der Waals surface area contributed by atoms with Gasteiger partial charge in [0.2, 0.25) is 5.91 Å². The van der Waals surface area contributed by atoms with Crippen LogP contribution in [0, 0.1) is 5.82 Å². The molecule has 0 unspecified atom stereocenters. The molecule has 1 aliphatic rings. The van der Waals surface area contributed by atoms with Gasteiger partial charge in [0, 0.05) is 25.2 Å². The first kappa shape index (κ1) is 26.2. The van der Waals surface area contributed by atoms with E-state index in [9.17, 15) is 22.4 Å². The lowest BCUT2D eigenvalue weighted by atomic mass is 10.0. The van der Waals surface area contributed by atoms with Crippen molar-refractivity contribution in [3.63, 3.8) is 0 Å². The summed E-state index contributed by atoms with van der Waals surface area (Å²) in [6.07, 6.45) is 0.392. The highest BCUT2D eigenvalue weighted by Crippen LogP contribution is 2.34. The number of carbonyl (C=O) groups excluding carboxylic acids is 2. The molecule has 1 aliphatic heterocycles. The van der Waals surface area contributed by atoms with E-state index in [2.05, 4.69) is 0 Å². The zero-order valence-corrected chi connectivity index (χ0v) is 19.6. The van der Waals surface area contributed by atoms with Crippen molar-refractivity contribution in [2.75, 3.05) is 24.4 Å². The van der Waals surface area contributed by atoms with E-state index in [1.165, 1.54) is 12.0 Å².